The second-order valence-electron chi connectivity index (χ2n) is 3.71. The maximum atomic E-state index is 12.3. The van der Waals surface area contributed by atoms with Gasteiger partial charge < -0.3 is 14.4 Å². The highest BCUT2D eigenvalue weighted by Gasteiger charge is 2.39. The largest absolute Gasteiger partial charge is 0.346 e. The van der Waals surface area contributed by atoms with Crippen molar-refractivity contribution in [2.24, 2.45) is 0 Å². The minimum Gasteiger partial charge on any atom is -0.346 e. The van der Waals surface area contributed by atoms with Crippen molar-refractivity contribution in [3.8, 4) is 0 Å². The van der Waals surface area contributed by atoms with Crippen molar-refractivity contribution in [1.82, 2.24) is 0 Å². The van der Waals surface area contributed by atoms with Crippen LogP contribution >= 0.6 is 0 Å². The third-order valence-electron chi connectivity index (χ3n) is 2.90. The summed E-state index contributed by atoms with van der Waals surface area (Å²) >= 11 is 0. The lowest BCUT2D eigenvalue weighted by atomic mass is 10.1. The van der Waals surface area contributed by atoms with Crippen LogP contribution in [0.4, 0.5) is 5.69 Å². The van der Waals surface area contributed by atoms with Gasteiger partial charge in [0.15, 0.2) is 0 Å². The fraction of sp³-hybridized carbons (Fsp3) is 0.462. The molecule has 1 aromatic carbocycles. The number of rotatable bonds is 5. The van der Waals surface area contributed by atoms with Gasteiger partial charge in [0.2, 0.25) is 5.79 Å². The van der Waals surface area contributed by atoms with Crippen molar-refractivity contribution in [3.63, 3.8) is 0 Å². The second-order valence-corrected chi connectivity index (χ2v) is 3.71. The maximum absolute atomic E-state index is 12.3. The van der Waals surface area contributed by atoms with E-state index in [-0.39, 0.29) is 5.91 Å². The van der Waals surface area contributed by atoms with Gasteiger partial charge in [-0.15, -0.1) is 0 Å². The molecule has 0 saturated heterocycles. The summed E-state index contributed by atoms with van der Waals surface area (Å²) in [6.45, 7) is 1.85. The molecule has 0 bridgehead atoms. The zero-order valence-electron chi connectivity index (χ0n) is 10.8. The molecular formula is C13H19NO3. The predicted molar refractivity (Wildman–Crippen MR) is 66.9 cm³/mol. The molecule has 1 rings (SSSR count). The Morgan fingerprint density at radius 1 is 1.24 bits per heavy atom. The Labute approximate surface area is 102 Å². The average molecular weight is 237 g/mol. The molecule has 4 heteroatoms. The first-order valence-corrected chi connectivity index (χ1v) is 5.54. The van der Waals surface area contributed by atoms with E-state index in [9.17, 15) is 4.79 Å². The molecule has 94 valence electrons. The van der Waals surface area contributed by atoms with Gasteiger partial charge in [-0.1, -0.05) is 25.1 Å². The second kappa shape index (κ2) is 5.80. The molecule has 0 radical (unpaired) electrons. The van der Waals surface area contributed by atoms with Crippen molar-refractivity contribution in [3.05, 3.63) is 30.3 Å². The number of benzene rings is 1. The molecule has 0 spiro atoms. The lowest BCUT2D eigenvalue weighted by Gasteiger charge is -2.32. The Morgan fingerprint density at radius 3 is 2.18 bits per heavy atom. The Morgan fingerprint density at radius 2 is 1.76 bits per heavy atom. The van der Waals surface area contributed by atoms with Crippen LogP contribution in [0.25, 0.3) is 0 Å². The molecule has 0 unspecified atom stereocenters. The quantitative estimate of drug-likeness (QED) is 0.736. The third-order valence-corrected chi connectivity index (χ3v) is 2.90. The van der Waals surface area contributed by atoms with Gasteiger partial charge in [0, 0.05) is 33.4 Å². The molecule has 0 aliphatic heterocycles. The molecule has 0 aromatic heterocycles. The first-order chi connectivity index (χ1) is 8.11. The summed E-state index contributed by atoms with van der Waals surface area (Å²) in [7, 11) is 4.66. The van der Waals surface area contributed by atoms with Gasteiger partial charge in [0.05, 0.1) is 0 Å². The third kappa shape index (κ3) is 2.65. The summed E-state index contributed by atoms with van der Waals surface area (Å²) in [6, 6.07) is 9.40. The van der Waals surface area contributed by atoms with Gasteiger partial charge in [-0.3, -0.25) is 4.79 Å². The molecule has 0 atom stereocenters. The van der Waals surface area contributed by atoms with Crippen LogP contribution < -0.4 is 4.90 Å². The fourth-order valence-corrected chi connectivity index (χ4v) is 1.72. The Balaban J connectivity index is 2.96. The minimum absolute atomic E-state index is 0.212. The van der Waals surface area contributed by atoms with Crippen LogP contribution in [0.15, 0.2) is 30.3 Å². The Bertz CT molecular complexity index is 352. The van der Waals surface area contributed by atoms with Crippen LogP contribution in [0, 0.1) is 0 Å². The maximum Gasteiger partial charge on any atom is 0.287 e. The first-order valence-electron chi connectivity index (χ1n) is 5.54. The van der Waals surface area contributed by atoms with E-state index in [1.807, 2.05) is 37.3 Å². The zero-order valence-corrected chi connectivity index (χ0v) is 10.8. The van der Waals surface area contributed by atoms with Crippen molar-refractivity contribution in [2.75, 3.05) is 26.2 Å². The van der Waals surface area contributed by atoms with E-state index in [4.69, 9.17) is 9.47 Å². The van der Waals surface area contributed by atoms with E-state index in [2.05, 4.69) is 0 Å². The van der Waals surface area contributed by atoms with E-state index in [0.29, 0.717) is 6.42 Å². The highest BCUT2D eigenvalue weighted by molar-refractivity contribution is 5.98. The standard InChI is InChI=1S/C13H19NO3/c1-5-13(16-3,17-4)12(15)14(2)11-9-7-6-8-10-11/h6-10H,5H2,1-4H3. The van der Waals surface area contributed by atoms with Crippen LogP contribution in [0.5, 0.6) is 0 Å². The zero-order chi connectivity index (χ0) is 12.9. The predicted octanol–water partition coefficient (Wildman–Crippen LogP) is 2.05. The number of ether oxygens (including phenoxy) is 2. The fourth-order valence-electron chi connectivity index (χ4n) is 1.72. The van der Waals surface area contributed by atoms with Gasteiger partial charge >= 0.3 is 0 Å². The number of hydrogen-bond donors (Lipinski definition) is 0. The lowest BCUT2D eigenvalue weighted by molar-refractivity contribution is -0.207. The van der Waals surface area contributed by atoms with Crippen LogP contribution in [0.3, 0.4) is 0 Å². The number of nitrogens with zero attached hydrogens (tertiary/aromatic N) is 1. The molecule has 4 nitrogen and oxygen atoms in total. The van der Waals surface area contributed by atoms with Crippen molar-refractivity contribution in [1.29, 1.82) is 0 Å². The lowest BCUT2D eigenvalue weighted by Crippen LogP contribution is -2.50. The number of carbonyl (C=O) groups is 1. The normalized spacial score (nSPS) is 11.3. The highest BCUT2D eigenvalue weighted by Crippen LogP contribution is 2.22. The Kier molecular flexibility index (Phi) is 4.66. The summed E-state index contributed by atoms with van der Waals surface area (Å²) in [5, 5.41) is 0. The van der Waals surface area contributed by atoms with Crippen LogP contribution in [-0.2, 0) is 14.3 Å². The summed E-state index contributed by atoms with van der Waals surface area (Å²) < 4.78 is 10.5. The summed E-state index contributed by atoms with van der Waals surface area (Å²) in [5.74, 6) is -1.42. The smallest absolute Gasteiger partial charge is 0.287 e. The number of hydrogen-bond acceptors (Lipinski definition) is 3. The first kappa shape index (κ1) is 13.7. The summed E-state index contributed by atoms with van der Waals surface area (Å²) in [5.41, 5.74) is 0.810. The number of amides is 1. The number of carbonyl (C=O) groups excluding carboxylic acids is 1. The van der Waals surface area contributed by atoms with Crippen molar-refractivity contribution < 1.29 is 14.3 Å². The molecule has 1 aromatic rings. The number of methoxy groups -OCH3 is 2. The highest BCUT2D eigenvalue weighted by atomic mass is 16.7. The molecule has 0 aliphatic carbocycles. The van der Waals surface area contributed by atoms with E-state index in [1.165, 1.54) is 19.1 Å². The SMILES string of the molecule is CCC(OC)(OC)C(=O)N(C)c1ccccc1. The van der Waals surface area contributed by atoms with Gasteiger partial charge in [-0.25, -0.2) is 0 Å². The van der Waals surface area contributed by atoms with Gasteiger partial charge in [0.1, 0.15) is 0 Å². The number of anilines is 1. The van der Waals surface area contributed by atoms with Gasteiger partial charge in [-0.05, 0) is 12.1 Å². The topological polar surface area (TPSA) is 38.8 Å². The van der Waals surface area contributed by atoms with E-state index in [0.717, 1.165) is 5.69 Å². The monoisotopic (exact) mass is 237 g/mol. The molecule has 1 amide bonds. The summed E-state index contributed by atoms with van der Waals surface area (Å²) in [6.07, 6.45) is 0.454. The molecule has 0 heterocycles. The van der Waals surface area contributed by atoms with E-state index in [1.54, 1.807) is 7.05 Å². The van der Waals surface area contributed by atoms with E-state index >= 15 is 0 Å². The van der Waals surface area contributed by atoms with Gasteiger partial charge in [-0.2, -0.15) is 0 Å². The summed E-state index contributed by atoms with van der Waals surface area (Å²) in [4.78, 5) is 13.9. The molecular weight excluding hydrogens is 218 g/mol. The molecule has 0 N–H and O–H groups in total. The van der Waals surface area contributed by atoms with Crippen LogP contribution in [-0.4, -0.2) is 33.0 Å². The van der Waals surface area contributed by atoms with Gasteiger partial charge in [0.25, 0.3) is 5.91 Å². The minimum atomic E-state index is -1.20. The van der Waals surface area contributed by atoms with Crippen LogP contribution in [0.1, 0.15) is 13.3 Å². The van der Waals surface area contributed by atoms with Crippen LogP contribution in [0.2, 0.25) is 0 Å². The Hall–Kier alpha value is -1.39. The van der Waals surface area contributed by atoms with Crippen molar-refractivity contribution >= 4 is 11.6 Å². The molecule has 0 saturated carbocycles. The number of likely N-dealkylation sites (N-methyl/N-ethyl adjacent to an activating group) is 1. The average Bonchev–Trinajstić information content (AvgIpc) is 2.41. The number of para-hydroxylation sites is 1. The molecule has 17 heavy (non-hydrogen) atoms. The molecule has 0 aliphatic rings. The molecule has 0 fully saturated rings. The van der Waals surface area contributed by atoms with E-state index < -0.39 is 5.79 Å². The van der Waals surface area contributed by atoms with Crippen molar-refractivity contribution in [2.45, 2.75) is 19.1 Å².